The average molecular weight is 383 g/mol. The van der Waals surface area contributed by atoms with E-state index in [1.807, 2.05) is 6.92 Å². The molecule has 0 fully saturated rings. The minimum absolute atomic E-state index is 0.0567. The zero-order valence-corrected chi connectivity index (χ0v) is 15.5. The first-order valence-electron chi connectivity index (χ1n) is 8.52. The summed E-state index contributed by atoms with van der Waals surface area (Å²) >= 11 is 1.39. The monoisotopic (exact) mass is 383 g/mol. The number of unbranched alkanes of at least 4 members (excludes halogenated alkanes) is 3. The van der Waals surface area contributed by atoms with Crippen molar-refractivity contribution in [2.24, 2.45) is 5.73 Å². The van der Waals surface area contributed by atoms with Gasteiger partial charge in [-0.15, -0.1) is 11.3 Å². The number of ether oxygens (including phenoxy) is 1. The molecule has 3 N–H and O–H groups in total. The number of thiazole rings is 1. The normalized spacial score (nSPS) is 11.0. The van der Waals surface area contributed by atoms with E-state index in [0.717, 1.165) is 41.8 Å². The van der Waals surface area contributed by atoms with Gasteiger partial charge in [0.15, 0.2) is 5.13 Å². The summed E-state index contributed by atoms with van der Waals surface area (Å²) in [6.45, 7) is -0.263. The first kappa shape index (κ1) is 20.3. The van der Waals surface area contributed by atoms with Crippen LogP contribution in [-0.4, -0.2) is 24.0 Å². The molecule has 1 aromatic heterocycles. The number of nitrogens with two attached hydrogens (primary N) is 1. The third-order valence-corrected chi connectivity index (χ3v) is 4.64. The highest BCUT2D eigenvalue weighted by molar-refractivity contribution is 7.16. The summed E-state index contributed by atoms with van der Waals surface area (Å²) in [5.74, 6) is 0.0403. The van der Waals surface area contributed by atoms with Gasteiger partial charge < -0.3 is 15.8 Å². The van der Waals surface area contributed by atoms with Crippen molar-refractivity contribution >= 4 is 22.4 Å². The highest BCUT2D eigenvalue weighted by Gasteiger charge is 2.13. The number of anilines is 1. The van der Waals surface area contributed by atoms with Crippen molar-refractivity contribution in [1.82, 2.24) is 4.98 Å². The zero-order chi connectivity index (χ0) is 18.9. The lowest BCUT2D eigenvalue weighted by molar-refractivity contribution is -0.116. The van der Waals surface area contributed by atoms with Crippen LogP contribution in [0, 0.1) is 6.92 Å². The number of amides is 1. The molecular weight excluding hydrogens is 360 g/mol. The number of halogens is 2. The van der Waals surface area contributed by atoms with Gasteiger partial charge in [0, 0.05) is 16.9 Å². The van der Waals surface area contributed by atoms with Gasteiger partial charge in [-0.25, -0.2) is 4.98 Å². The van der Waals surface area contributed by atoms with Crippen LogP contribution >= 0.6 is 11.3 Å². The van der Waals surface area contributed by atoms with Crippen LogP contribution in [0.4, 0.5) is 13.9 Å². The van der Waals surface area contributed by atoms with E-state index in [2.05, 4.69) is 15.0 Å². The Hall–Kier alpha value is -2.06. The summed E-state index contributed by atoms with van der Waals surface area (Å²) in [4.78, 5) is 17.4. The molecule has 26 heavy (non-hydrogen) atoms. The van der Waals surface area contributed by atoms with Gasteiger partial charge in [-0.3, -0.25) is 4.79 Å². The first-order chi connectivity index (χ1) is 12.5. The Balaban J connectivity index is 1.92. The van der Waals surface area contributed by atoms with Crippen LogP contribution in [0.1, 0.15) is 37.0 Å². The summed E-state index contributed by atoms with van der Waals surface area (Å²) in [5.41, 5.74) is 6.94. The van der Waals surface area contributed by atoms with Crippen molar-refractivity contribution in [3.05, 3.63) is 29.1 Å². The number of rotatable bonds is 10. The van der Waals surface area contributed by atoms with Crippen molar-refractivity contribution in [3.63, 3.8) is 0 Å². The van der Waals surface area contributed by atoms with Crippen molar-refractivity contribution in [2.75, 3.05) is 11.9 Å². The average Bonchev–Trinajstić information content (AvgIpc) is 2.95. The lowest BCUT2D eigenvalue weighted by atomic mass is 10.1. The molecule has 0 saturated carbocycles. The van der Waals surface area contributed by atoms with Crippen molar-refractivity contribution in [1.29, 1.82) is 0 Å². The van der Waals surface area contributed by atoms with E-state index in [1.54, 1.807) is 12.1 Å². The highest BCUT2D eigenvalue weighted by Crippen LogP contribution is 2.31. The van der Waals surface area contributed by atoms with Gasteiger partial charge in [0.05, 0.1) is 5.69 Å². The number of nitrogens with one attached hydrogen (secondary N) is 1. The summed E-state index contributed by atoms with van der Waals surface area (Å²) in [6.07, 6.45) is 4.29. The number of carbonyl (C=O) groups is 1. The molecule has 1 aromatic carbocycles. The smallest absolute Gasteiger partial charge is 0.387 e. The molecule has 0 aliphatic carbocycles. The molecule has 0 aliphatic heterocycles. The third kappa shape index (κ3) is 6.34. The van der Waals surface area contributed by atoms with E-state index in [-0.39, 0.29) is 11.7 Å². The number of hydrogen-bond acceptors (Lipinski definition) is 5. The third-order valence-electron chi connectivity index (χ3n) is 3.75. The molecule has 0 saturated heterocycles. The minimum atomic E-state index is -2.85. The molecule has 0 unspecified atom stereocenters. The molecule has 2 aromatic rings. The molecule has 8 heteroatoms. The SMILES string of the molecule is Cc1sc(NC(=O)CCCCCCN)nc1-c1ccc(OC(F)F)cc1. The van der Waals surface area contributed by atoms with Gasteiger partial charge in [-0.1, -0.05) is 12.8 Å². The number of alkyl halides is 2. The molecule has 1 heterocycles. The maximum Gasteiger partial charge on any atom is 0.387 e. The van der Waals surface area contributed by atoms with Gasteiger partial charge >= 0.3 is 6.61 Å². The van der Waals surface area contributed by atoms with Crippen molar-refractivity contribution < 1.29 is 18.3 Å². The van der Waals surface area contributed by atoms with Crippen LogP contribution in [0.25, 0.3) is 11.3 Å². The summed E-state index contributed by atoms with van der Waals surface area (Å²) in [7, 11) is 0. The van der Waals surface area contributed by atoms with Crippen LogP contribution in [-0.2, 0) is 4.79 Å². The molecule has 0 spiro atoms. The fraction of sp³-hybridized carbons (Fsp3) is 0.444. The summed E-state index contributed by atoms with van der Waals surface area (Å²) in [6, 6.07) is 6.28. The van der Waals surface area contributed by atoms with Gasteiger partial charge in [-0.05, 0) is 50.6 Å². The van der Waals surface area contributed by atoms with Gasteiger partial charge in [-0.2, -0.15) is 8.78 Å². The van der Waals surface area contributed by atoms with E-state index in [0.29, 0.717) is 18.1 Å². The Kier molecular flexibility index (Phi) is 7.93. The fourth-order valence-corrected chi connectivity index (χ4v) is 3.33. The highest BCUT2D eigenvalue weighted by atomic mass is 32.1. The predicted octanol–water partition coefficient (Wildman–Crippen LogP) is 4.57. The largest absolute Gasteiger partial charge is 0.435 e. The van der Waals surface area contributed by atoms with E-state index in [1.165, 1.54) is 23.5 Å². The molecule has 0 bridgehead atoms. The fourth-order valence-electron chi connectivity index (χ4n) is 2.48. The lowest BCUT2D eigenvalue weighted by Gasteiger charge is -2.05. The predicted molar refractivity (Wildman–Crippen MR) is 99.7 cm³/mol. The Morgan fingerprint density at radius 2 is 1.92 bits per heavy atom. The molecule has 2 rings (SSSR count). The number of carbonyl (C=O) groups excluding carboxylic acids is 1. The molecular formula is C18H23F2N3O2S. The summed E-state index contributed by atoms with van der Waals surface area (Å²) in [5, 5.41) is 3.36. The number of aromatic nitrogens is 1. The van der Waals surface area contributed by atoms with Crippen molar-refractivity contribution in [3.8, 4) is 17.0 Å². The van der Waals surface area contributed by atoms with Crippen LogP contribution in [0.15, 0.2) is 24.3 Å². The van der Waals surface area contributed by atoms with E-state index < -0.39 is 6.61 Å². The van der Waals surface area contributed by atoms with E-state index >= 15 is 0 Å². The maximum atomic E-state index is 12.2. The van der Waals surface area contributed by atoms with Crippen LogP contribution < -0.4 is 15.8 Å². The molecule has 0 aliphatic rings. The number of aryl methyl sites for hydroxylation is 1. The molecule has 0 atom stereocenters. The van der Waals surface area contributed by atoms with E-state index in [4.69, 9.17) is 5.73 Å². The van der Waals surface area contributed by atoms with Crippen LogP contribution in [0.5, 0.6) is 5.75 Å². The quantitative estimate of drug-likeness (QED) is 0.589. The lowest BCUT2D eigenvalue weighted by Crippen LogP contribution is -2.10. The second-order valence-electron chi connectivity index (χ2n) is 5.83. The minimum Gasteiger partial charge on any atom is -0.435 e. The topological polar surface area (TPSA) is 77.2 Å². The second kappa shape index (κ2) is 10.2. The molecule has 1 amide bonds. The van der Waals surface area contributed by atoms with Gasteiger partial charge in [0.25, 0.3) is 0 Å². The first-order valence-corrected chi connectivity index (χ1v) is 9.34. The molecule has 0 radical (unpaired) electrons. The molecule has 142 valence electrons. The van der Waals surface area contributed by atoms with Crippen LogP contribution in [0.2, 0.25) is 0 Å². The second-order valence-corrected chi connectivity index (χ2v) is 7.03. The number of benzene rings is 1. The van der Waals surface area contributed by atoms with Crippen molar-refractivity contribution in [2.45, 2.75) is 45.6 Å². The number of hydrogen-bond donors (Lipinski definition) is 2. The Morgan fingerprint density at radius 3 is 2.58 bits per heavy atom. The Labute approximate surface area is 155 Å². The van der Waals surface area contributed by atoms with Crippen LogP contribution in [0.3, 0.4) is 0 Å². The maximum absolute atomic E-state index is 12.2. The van der Waals surface area contributed by atoms with E-state index in [9.17, 15) is 13.6 Å². The number of nitrogens with zero attached hydrogens (tertiary/aromatic N) is 1. The summed E-state index contributed by atoms with van der Waals surface area (Å²) < 4.78 is 28.7. The molecule has 5 nitrogen and oxygen atoms in total. The Morgan fingerprint density at radius 1 is 1.23 bits per heavy atom. The van der Waals surface area contributed by atoms with Gasteiger partial charge in [0.2, 0.25) is 5.91 Å². The van der Waals surface area contributed by atoms with Gasteiger partial charge in [0.1, 0.15) is 5.75 Å². The Bertz CT molecular complexity index is 705. The zero-order valence-electron chi connectivity index (χ0n) is 14.6. The standard InChI is InChI=1S/C18H23F2N3O2S/c1-12-16(13-7-9-14(10-8-13)25-17(19)20)23-18(26-12)22-15(24)6-4-2-3-5-11-21/h7-10,17H,2-6,11,21H2,1H3,(H,22,23,24).